The molecule has 0 radical (unpaired) electrons. The number of carbonyl (C=O) groups excluding carboxylic acids is 1. The van der Waals surface area contributed by atoms with E-state index in [1.54, 1.807) is 7.05 Å². The molecular formula is C21H27N7O. The SMILES string of the molecule is CNC(=O)c1nc(C)c(C)c(N2CC[C@@H](NCc3cn4cc(C)ccc4n3)C2)n1. The molecule has 152 valence electrons. The zero-order chi connectivity index (χ0) is 20.5. The van der Waals surface area contributed by atoms with Crippen LogP contribution in [0.25, 0.3) is 5.65 Å². The number of rotatable bonds is 5. The fraction of sp³-hybridized carbons (Fsp3) is 0.429. The Kier molecular flexibility index (Phi) is 5.19. The van der Waals surface area contributed by atoms with Crippen LogP contribution in [0, 0.1) is 20.8 Å². The van der Waals surface area contributed by atoms with Crippen molar-refractivity contribution >= 4 is 17.4 Å². The molecule has 0 bridgehead atoms. The van der Waals surface area contributed by atoms with Gasteiger partial charge in [0.05, 0.1) is 5.69 Å². The summed E-state index contributed by atoms with van der Waals surface area (Å²) in [6.07, 6.45) is 5.19. The molecule has 1 atom stereocenters. The third kappa shape index (κ3) is 3.93. The van der Waals surface area contributed by atoms with E-state index in [1.165, 1.54) is 5.56 Å². The molecule has 0 spiro atoms. The van der Waals surface area contributed by atoms with Crippen molar-refractivity contribution in [3.8, 4) is 0 Å². The molecule has 4 heterocycles. The largest absolute Gasteiger partial charge is 0.355 e. The molecule has 3 aromatic rings. The van der Waals surface area contributed by atoms with Crippen LogP contribution >= 0.6 is 0 Å². The standard InChI is InChI=1S/C21H27N7O/c1-13-5-6-18-25-17(12-28(18)10-13)9-23-16-7-8-27(11-16)20-14(2)15(3)24-19(26-20)21(29)22-4/h5-6,10,12,16,23H,7-9,11H2,1-4H3,(H,22,29)/t16-/m1/s1. The highest BCUT2D eigenvalue weighted by atomic mass is 16.2. The maximum atomic E-state index is 12.0. The van der Waals surface area contributed by atoms with Gasteiger partial charge in [-0.05, 0) is 38.8 Å². The van der Waals surface area contributed by atoms with Crippen LogP contribution in [0.1, 0.15) is 39.6 Å². The van der Waals surface area contributed by atoms with Gasteiger partial charge >= 0.3 is 0 Å². The maximum absolute atomic E-state index is 12.0. The van der Waals surface area contributed by atoms with E-state index < -0.39 is 0 Å². The van der Waals surface area contributed by atoms with Gasteiger partial charge in [0, 0.05) is 56.4 Å². The Bertz CT molecular complexity index is 1060. The molecular weight excluding hydrogens is 366 g/mol. The van der Waals surface area contributed by atoms with Gasteiger partial charge in [0.25, 0.3) is 5.91 Å². The van der Waals surface area contributed by atoms with Gasteiger partial charge in [-0.15, -0.1) is 0 Å². The van der Waals surface area contributed by atoms with Crippen molar-refractivity contribution in [1.29, 1.82) is 0 Å². The lowest BCUT2D eigenvalue weighted by Gasteiger charge is -2.21. The summed E-state index contributed by atoms with van der Waals surface area (Å²) in [5.41, 5.74) is 5.07. The summed E-state index contributed by atoms with van der Waals surface area (Å²) in [5.74, 6) is 0.816. The minimum atomic E-state index is -0.259. The molecule has 29 heavy (non-hydrogen) atoms. The lowest BCUT2D eigenvalue weighted by atomic mass is 10.2. The van der Waals surface area contributed by atoms with Gasteiger partial charge in [-0.2, -0.15) is 0 Å². The Morgan fingerprint density at radius 1 is 1.17 bits per heavy atom. The third-order valence-electron chi connectivity index (χ3n) is 5.50. The highest BCUT2D eigenvalue weighted by Crippen LogP contribution is 2.24. The molecule has 4 rings (SSSR count). The predicted octanol–water partition coefficient (Wildman–Crippen LogP) is 1.78. The Morgan fingerprint density at radius 2 is 2.00 bits per heavy atom. The monoisotopic (exact) mass is 393 g/mol. The van der Waals surface area contributed by atoms with Crippen molar-refractivity contribution in [3.05, 3.63) is 52.9 Å². The second-order valence-corrected chi connectivity index (χ2v) is 7.68. The smallest absolute Gasteiger partial charge is 0.288 e. The van der Waals surface area contributed by atoms with Crippen LogP contribution in [0.5, 0.6) is 0 Å². The van der Waals surface area contributed by atoms with Crippen LogP contribution in [0.3, 0.4) is 0 Å². The first-order chi connectivity index (χ1) is 13.9. The van der Waals surface area contributed by atoms with Crippen molar-refractivity contribution in [2.24, 2.45) is 0 Å². The molecule has 0 unspecified atom stereocenters. The number of hydrogen-bond donors (Lipinski definition) is 2. The highest BCUT2D eigenvalue weighted by Gasteiger charge is 2.26. The van der Waals surface area contributed by atoms with Gasteiger partial charge in [0.2, 0.25) is 5.82 Å². The predicted molar refractivity (Wildman–Crippen MR) is 112 cm³/mol. The number of anilines is 1. The number of amides is 1. The molecule has 3 aromatic heterocycles. The second kappa shape index (κ2) is 7.79. The quantitative estimate of drug-likeness (QED) is 0.687. The van der Waals surface area contributed by atoms with Gasteiger partial charge < -0.3 is 19.9 Å². The van der Waals surface area contributed by atoms with E-state index in [-0.39, 0.29) is 11.7 Å². The van der Waals surface area contributed by atoms with Crippen molar-refractivity contribution < 1.29 is 4.79 Å². The molecule has 0 saturated carbocycles. The van der Waals surface area contributed by atoms with Gasteiger partial charge in [0.1, 0.15) is 11.5 Å². The fourth-order valence-corrected chi connectivity index (χ4v) is 3.74. The van der Waals surface area contributed by atoms with E-state index in [0.29, 0.717) is 6.04 Å². The zero-order valence-electron chi connectivity index (χ0n) is 17.4. The first-order valence-corrected chi connectivity index (χ1v) is 9.94. The molecule has 0 aliphatic carbocycles. The molecule has 2 N–H and O–H groups in total. The third-order valence-corrected chi connectivity index (χ3v) is 5.50. The molecule has 1 aliphatic heterocycles. The number of pyridine rings is 1. The normalized spacial score (nSPS) is 16.6. The van der Waals surface area contributed by atoms with Gasteiger partial charge in [-0.1, -0.05) is 6.07 Å². The molecule has 0 aromatic carbocycles. The molecule has 1 saturated heterocycles. The van der Waals surface area contributed by atoms with E-state index in [2.05, 4.69) is 60.3 Å². The lowest BCUT2D eigenvalue weighted by Crippen LogP contribution is -2.33. The van der Waals surface area contributed by atoms with Crippen molar-refractivity contribution in [2.75, 3.05) is 25.0 Å². The zero-order valence-corrected chi connectivity index (χ0v) is 17.4. The summed E-state index contributed by atoms with van der Waals surface area (Å²) in [6, 6.07) is 4.47. The summed E-state index contributed by atoms with van der Waals surface area (Å²) in [6.45, 7) is 8.48. The molecule has 8 heteroatoms. The topological polar surface area (TPSA) is 87.5 Å². The molecule has 8 nitrogen and oxygen atoms in total. The molecule has 1 amide bonds. The Hall–Kier alpha value is -3.00. The van der Waals surface area contributed by atoms with Gasteiger partial charge in [0.15, 0.2) is 0 Å². The summed E-state index contributed by atoms with van der Waals surface area (Å²) < 4.78 is 2.07. The average Bonchev–Trinajstić information content (AvgIpc) is 3.33. The van der Waals surface area contributed by atoms with Crippen LogP contribution in [-0.2, 0) is 6.54 Å². The van der Waals surface area contributed by atoms with Crippen LogP contribution in [0.15, 0.2) is 24.5 Å². The van der Waals surface area contributed by atoms with Crippen molar-refractivity contribution in [2.45, 2.75) is 39.8 Å². The van der Waals surface area contributed by atoms with Gasteiger partial charge in [-0.3, -0.25) is 4.79 Å². The number of aromatic nitrogens is 4. The molecule has 1 fully saturated rings. The second-order valence-electron chi connectivity index (χ2n) is 7.68. The van der Waals surface area contributed by atoms with Crippen molar-refractivity contribution in [3.63, 3.8) is 0 Å². The van der Waals surface area contributed by atoms with E-state index in [9.17, 15) is 4.79 Å². The Labute approximate surface area is 170 Å². The first kappa shape index (κ1) is 19.3. The number of hydrogen-bond acceptors (Lipinski definition) is 6. The number of fused-ring (bicyclic) bond motifs is 1. The average molecular weight is 393 g/mol. The van der Waals surface area contributed by atoms with Crippen LogP contribution in [0.4, 0.5) is 5.82 Å². The number of aryl methyl sites for hydroxylation is 2. The lowest BCUT2D eigenvalue weighted by molar-refractivity contribution is 0.0952. The number of imidazole rings is 1. The van der Waals surface area contributed by atoms with Crippen LogP contribution in [0.2, 0.25) is 0 Å². The maximum Gasteiger partial charge on any atom is 0.288 e. The van der Waals surface area contributed by atoms with E-state index >= 15 is 0 Å². The summed E-state index contributed by atoms with van der Waals surface area (Å²) in [5, 5.41) is 6.22. The number of nitrogens with one attached hydrogen (secondary N) is 2. The van der Waals surface area contributed by atoms with Crippen LogP contribution in [-0.4, -0.2) is 51.4 Å². The first-order valence-electron chi connectivity index (χ1n) is 9.94. The highest BCUT2D eigenvalue weighted by molar-refractivity contribution is 5.90. The van der Waals surface area contributed by atoms with E-state index in [4.69, 9.17) is 0 Å². The van der Waals surface area contributed by atoms with E-state index in [0.717, 1.165) is 54.5 Å². The minimum Gasteiger partial charge on any atom is -0.355 e. The summed E-state index contributed by atoms with van der Waals surface area (Å²) >= 11 is 0. The van der Waals surface area contributed by atoms with Gasteiger partial charge in [-0.25, -0.2) is 15.0 Å². The Balaban J connectivity index is 1.43. The summed E-state index contributed by atoms with van der Waals surface area (Å²) in [7, 11) is 1.59. The van der Waals surface area contributed by atoms with Crippen molar-refractivity contribution in [1.82, 2.24) is 30.0 Å². The summed E-state index contributed by atoms with van der Waals surface area (Å²) in [4.78, 5) is 27.8. The number of carbonyl (C=O) groups is 1. The van der Waals surface area contributed by atoms with E-state index in [1.807, 2.05) is 19.9 Å². The molecule has 1 aliphatic rings. The minimum absolute atomic E-state index is 0.224. The number of nitrogens with zero attached hydrogens (tertiary/aromatic N) is 5. The van der Waals surface area contributed by atoms with Crippen LogP contribution < -0.4 is 15.5 Å². The Morgan fingerprint density at radius 3 is 2.79 bits per heavy atom. The fourth-order valence-electron chi connectivity index (χ4n) is 3.74.